The van der Waals surface area contributed by atoms with Crippen LogP contribution < -0.4 is 5.73 Å². The van der Waals surface area contributed by atoms with Crippen LogP contribution in [0.2, 0.25) is 0 Å². The standard InChI is InChI=1S/C12H18N2/c1-7(2)12-9(4)8(3)5-11(14)10(12)6-13/h5-7,13H,14H2,1-4H3. The molecule has 0 saturated carbocycles. The highest BCUT2D eigenvalue weighted by atomic mass is 14.6. The lowest BCUT2D eigenvalue weighted by molar-refractivity contribution is 0.852. The fraction of sp³-hybridized carbons (Fsp3) is 0.417. The van der Waals surface area contributed by atoms with Crippen LogP contribution in [0.3, 0.4) is 0 Å². The summed E-state index contributed by atoms with van der Waals surface area (Å²) in [4.78, 5) is 0. The lowest BCUT2D eigenvalue weighted by Crippen LogP contribution is -2.05. The molecule has 0 aliphatic heterocycles. The van der Waals surface area contributed by atoms with E-state index >= 15 is 0 Å². The molecule has 1 aromatic rings. The summed E-state index contributed by atoms with van der Waals surface area (Å²) >= 11 is 0. The van der Waals surface area contributed by atoms with Crippen LogP contribution in [0, 0.1) is 19.3 Å². The molecule has 0 radical (unpaired) electrons. The first-order chi connectivity index (χ1) is 6.49. The molecule has 3 N–H and O–H groups in total. The Balaban J connectivity index is 3.56. The van der Waals surface area contributed by atoms with E-state index in [2.05, 4.69) is 27.7 Å². The smallest absolute Gasteiger partial charge is 0.0408 e. The molecular formula is C12H18N2. The number of anilines is 1. The van der Waals surface area contributed by atoms with Gasteiger partial charge in [0.2, 0.25) is 0 Å². The van der Waals surface area contributed by atoms with E-state index in [0.29, 0.717) is 11.6 Å². The van der Waals surface area contributed by atoms with Gasteiger partial charge in [-0.1, -0.05) is 13.8 Å². The molecule has 76 valence electrons. The Kier molecular flexibility index (Phi) is 2.94. The molecule has 0 saturated heterocycles. The summed E-state index contributed by atoms with van der Waals surface area (Å²) in [7, 11) is 0. The Morgan fingerprint density at radius 1 is 1.36 bits per heavy atom. The third kappa shape index (κ3) is 1.65. The maximum Gasteiger partial charge on any atom is 0.0408 e. The van der Waals surface area contributed by atoms with Crippen molar-refractivity contribution in [1.29, 1.82) is 5.41 Å². The topological polar surface area (TPSA) is 49.9 Å². The monoisotopic (exact) mass is 190 g/mol. The van der Waals surface area contributed by atoms with Gasteiger partial charge in [-0.25, -0.2) is 0 Å². The predicted octanol–water partition coefficient (Wildman–Crippen LogP) is 3.01. The Bertz CT molecular complexity index is 365. The minimum Gasteiger partial charge on any atom is -0.398 e. The van der Waals surface area contributed by atoms with Crippen LogP contribution in [0.5, 0.6) is 0 Å². The second kappa shape index (κ2) is 3.82. The molecule has 1 aromatic carbocycles. The van der Waals surface area contributed by atoms with Gasteiger partial charge < -0.3 is 11.1 Å². The van der Waals surface area contributed by atoms with Crippen molar-refractivity contribution in [2.24, 2.45) is 0 Å². The zero-order valence-electron chi connectivity index (χ0n) is 9.31. The van der Waals surface area contributed by atoms with Gasteiger partial charge in [-0.05, 0) is 42.5 Å². The number of nitrogens with two attached hydrogens (primary N) is 1. The van der Waals surface area contributed by atoms with Crippen LogP contribution in [0.25, 0.3) is 0 Å². The summed E-state index contributed by atoms with van der Waals surface area (Å²) in [6.07, 6.45) is 1.36. The zero-order chi connectivity index (χ0) is 10.9. The Labute approximate surface area is 85.6 Å². The summed E-state index contributed by atoms with van der Waals surface area (Å²) in [6, 6.07) is 1.95. The first kappa shape index (κ1) is 10.8. The molecule has 1 rings (SSSR count). The van der Waals surface area contributed by atoms with Gasteiger partial charge in [0.25, 0.3) is 0 Å². The van der Waals surface area contributed by atoms with Crippen molar-refractivity contribution in [3.8, 4) is 0 Å². The quantitative estimate of drug-likeness (QED) is 0.546. The summed E-state index contributed by atoms with van der Waals surface area (Å²) < 4.78 is 0. The van der Waals surface area contributed by atoms with Crippen LogP contribution in [-0.4, -0.2) is 6.21 Å². The molecule has 0 atom stereocenters. The summed E-state index contributed by atoms with van der Waals surface area (Å²) in [6.45, 7) is 8.42. The minimum absolute atomic E-state index is 0.411. The van der Waals surface area contributed by atoms with Crippen molar-refractivity contribution in [1.82, 2.24) is 0 Å². The van der Waals surface area contributed by atoms with Crippen molar-refractivity contribution < 1.29 is 0 Å². The number of rotatable bonds is 2. The Morgan fingerprint density at radius 2 is 1.93 bits per heavy atom. The van der Waals surface area contributed by atoms with Crippen molar-refractivity contribution in [3.63, 3.8) is 0 Å². The summed E-state index contributed by atoms with van der Waals surface area (Å²) in [5.41, 5.74) is 11.1. The predicted molar refractivity (Wildman–Crippen MR) is 62.3 cm³/mol. The van der Waals surface area contributed by atoms with Crippen LogP contribution in [0.15, 0.2) is 6.07 Å². The normalized spacial score (nSPS) is 10.6. The highest BCUT2D eigenvalue weighted by molar-refractivity contribution is 5.88. The third-order valence-corrected chi connectivity index (χ3v) is 2.69. The van der Waals surface area contributed by atoms with Gasteiger partial charge in [0.15, 0.2) is 0 Å². The molecule has 0 aliphatic rings. The number of hydrogen-bond acceptors (Lipinski definition) is 2. The molecule has 0 spiro atoms. The van der Waals surface area contributed by atoms with E-state index in [1.54, 1.807) is 0 Å². The van der Waals surface area contributed by atoms with Crippen LogP contribution in [-0.2, 0) is 0 Å². The van der Waals surface area contributed by atoms with Crippen LogP contribution in [0.4, 0.5) is 5.69 Å². The molecule has 0 amide bonds. The third-order valence-electron chi connectivity index (χ3n) is 2.69. The molecule has 0 heterocycles. The SMILES string of the molecule is Cc1cc(N)c(C=N)c(C(C)C)c1C. The van der Waals surface area contributed by atoms with E-state index < -0.39 is 0 Å². The molecule has 2 heteroatoms. The largest absolute Gasteiger partial charge is 0.398 e. The molecule has 0 fully saturated rings. The number of hydrogen-bond donors (Lipinski definition) is 2. The summed E-state index contributed by atoms with van der Waals surface area (Å²) in [5.74, 6) is 0.411. The first-order valence-electron chi connectivity index (χ1n) is 4.89. The minimum atomic E-state index is 0.411. The second-order valence-corrected chi connectivity index (χ2v) is 4.03. The van der Waals surface area contributed by atoms with E-state index in [9.17, 15) is 0 Å². The lowest BCUT2D eigenvalue weighted by Gasteiger charge is -2.17. The Hall–Kier alpha value is -1.31. The van der Waals surface area contributed by atoms with E-state index in [4.69, 9.17) is 11.1 Å². The van der Waals surface area contributed by atoms with Crippen molar-refractivity contribution >= 4 is 11.9 Å². The van der Waals surface area contributed by atoms with E-state index in [0.717, 1.165) is 5.56 Å². The number of aryl methyl sites for hydroxylation is 1. The molecule has 0 aromatic heterocycles. The van der Waals surface area contributed by atoms with E-state index in [1.807, 2.05) is 6.07 Å². The molecule has 0 aliphatic carbocycles. The molecule has 0 unspecified atom stereocenters. The second-order valence-electron chi connectivity index (χ2n) is 4.03. The van der Waals surface area contributed by atoms with Crippen LogP contribution in [0.1, 0.15) is 42.0 Å². The first-order valence-corrected chi connectivity index (χ1v) is 4.89. The highest BCUT2D eigenvalue weighted by Gasteiger charge is 2.12. The Morgan fingerprint density at radius 3 is 2.36 bits per heavy atom. The zero-order valence-corrected chi connectivity index (χ0v) is 9.31. The van der Waals surface area contributed by atoms with Gasteiger partial charge in [-0.2, -0.15) is 0 Å². The number of nitrogen functional groups attached to an aromatic ring is 1. The summed E-state index contributed by atoms with van der Waals surface area (Å²) in [5, 5.41) is 7.38. The van der Waals surface area contributed by atoms with Crippen molar-refractivity contribution in [2.45, 2.75) is 33.6 Å². The van der Waals surface area contributed by atoms with E-state index in [1.165, 1.54) is 22.9 Å². The highest BCUT2D eigenvalue weighted by Crippen LogP contribution is 2.29. The molecule has 0 bridgehead atoms. The maximum atomic E-state index is 7.38. The maximum absolute atomic E-state index is 7.38. The number of nitrogens with one attached hydrogen (secondary N) is 1. The van der Waals surface area contributed by atoms with Gasteiger partial charge in [0.05, 0.1) is 0 Å². The van der Waals surface area contributed by atoms with Gasteiger partial charge >= 0.3 is 0 Å². The van der Waals surface area contributed by atoms with Gasteiger partial charge in [0.1, 0.15) is 0 Å². The van der Waals surface area contributed by atoms with Crippen LogP contribution >= 0.6 is 0 Å². The fourth-order valence-electron chi connectivity index (χ4n) is 1.89. The lowest BCUT2D eigenvalue weighted by atomic mass is 9.89. The number of benzene rings is 1. The van der Waals surface area contributed by atoms with Gasteiger partial charge in [-0.15, -0.1) is 0 Å². The molecule has 2 nitrogen and oxygen atoms in total. The van der Waals surface area contributed by atoms with Gasteiger partial charge in [-0.3, -0.25) is 0 Å². The van der Waals surface area contributed by atoms with E-state index in [-0.39, 0.29) is 0 Å². The van der Waals surface area contributed by atoms with Gasteiger partial charge in [0, 0.05) is 17.5 Å². The average Bonchev–Trinajstić information content (AvgIpc) is 2.10. The fourth-order valence-corrected chi connectivity index (χ4v) is 1.89. The van der Waals surface area contributed by atoms with Crippen molar-refractivity contribution in [3.05, 3.63) is 28.3 Å². The molecule has 14 heavy (non-hydrogen) atoms. The average molecular weight is 190 g/mol. The van der Waals surface area contributed by atoms with Crippen molar-refractivity contribution in [2.75, 3.05) is 5.73 Å². The molecular weight excluding hydrogens is 172 g/mol.